The molecule has 0 saturated heterocycles. The first-order valence-electron chi connectivity index (χ1n) is 8.74. The smallest absolute Gasteiger partial charge is 0.251 e. The Kier molecular flexibility index (Phi) is 6.93. The largest absolute Gasteiger partial charge is 0.376 e. The number of rotatable bonds is 8. The molecule has 0 aliphatic carbocycles. The molecule has 0 fully saturated rings. The van der Waals surface area contributed by atoms with Crippen LogP contribution in [-0.4, -0.2) is 30.3 Å². The number of anilines is 2. The molecule has 0 radical (unpaired) electrons. The topological polar surface area (TPSA) is 113 Å². The highest BCUT2D eigenvalue weighted by Crippen LogP contribution is 2.15. The van der Waals surface area contributed by atoms with Crippen LogP contribution in [-0.2, 0) is 4.79 Å². The first-order chi connectivity index (χ1) is 12.9. The molecule has 3 amide bonds. The first kappa shape index (κ1) is 20.0. The van der Waals surface area contributed by atoms with Crippen LogP contribution in [0.4, 0.5) is 11.4 Å². The van der Waals surface area contributed by atoms with Gasteiger partial charge in [-0.25, -0.2) is 0 Å². The monoisotopic (exact) mass is 368 g/mol. The highest BCUT2D eigenvalue weighted by molar-refractivity contribution is 6.03. The Balaban J connectivity index is 1.97. The van der Waals surface area contributed by atoms with E-state index in [2.05, 4.69) is 16.0 Å². The normalized spacial score (nSPS) is 11.3. The lowest BCUT2D eigenvalue weighted by Crippen LogP contribution is -2.31. The average molecular weight is 368 g/mol. The maximum atomic E-state index is 12.2. The van der Waals surface area contributed by atoms with Gasteiger partial charge in [-0.05, 0) is 43.7 Å². The van der Waals surface area contributed by atoms with Crippen LogP contribution in [0.1, 0.15) is 41.0 Å². The second-order valence-electron chi connectivity index (χ2n) is 6.18. The molecule has 0 aromatic heterocycles. The summed E-state index contributed by atoms with van der Waals surface area (Å²) in [4.78, 5) is 35.7. The lowest BCUT2D eigenvalue weighted by atomic mass is 10.1. The zero-order valence-corrected chi connectivity index (χ0v) is 15.4. The predicted octanol–water partition coefficient (Wildman–Crippen LogP) is 2.36. The van der Waals surface area contributed by atoms with Crippen LogP contribution in [0, 0.1) is 0 Å². The van der Waals surface area contributed by atoms with Gasteiger partial charge >= 0.3 is 0 Å². The van der Waals surface area contributed by atoms with Gasteiger partial charge in [0.05, 0.1) is 17.8 Å². The molecule has 0 bridgehead atoms. The molecule has 1 unspecified atom stereocenters. The lowest BCUT2D eigenvalue weighted by Gasteiger charge is -2.13. The molecule has 2 rings (SSSR count). The number of nitrogens with two attached hydrogens (primary N) is 1. The van der Waals surface area contributed by atoms with E-state index in [4.69, 9.17) is 5.73 Å². The van der Waals surface area contributed by atoms with E-state index in [-0.39, 0.29) is 30.0 Å². The van der Waals surface area contributed by atoms with Crippen LogP contribution in [0.15, 0.2) is 48.5 Å². The Morgan fingerprint density at radius 2 is 1.81 bits per heavy atom. The van der Waals surface area contributed by atoms with Gasteiger partial charge in [-0.1, -0.05) is 25.1 Å². The number of carbonyl (C=O) groups excluding carboxylic acids is 3. The third-order valence-electron chi connectivity index (χ3n) is 4.03. The molecule has 27 heavy (non-hydrogen) atoms. The number of nitrogens with one attached hydrogen (secondary N) is 3. The van der Waals surface area contributed by atoms with Gasteiger partial charge in [0.15, 0.2) is 0 Å². The van der Waals surface area contributed by atoms with E-state index in [1.54, 1.807) is 48.5 Å². The van der Waals surface area contributed by atoms with Crippen molar-refractivity contribution >= 4 is 29.1 Å². The van der Waals surface area contributed by atoms with E-state index in [0.29, 0.717) is 16.9 Å². The third-order valence-corrected chi connectivity index (χ3v) is 4.03. The van der Waals surface area contributed by atoms with Crippen molar-refractivity contribution < 1.29 is 14.4 Å². The van der Waals surface area contributed by atoms with Crippen molar-refractivity contribution in [2.45, 2.75) is 26.3 Å². The van der Waals surface area contributed by atoms with Crippen molar-refractivity contribution in [3.05, 3.63) is 59.7 Å². The molecule has 0 spiro atoms. The van der Waals surface area contributed by atoms with Crippen molar-refractivity contribution in [3.63, 3.8) is 0 Å². The van der Waals surface area contributed by atoms with Crippen LogP contribution >= 0.6 is 0 Å². The highest BCUT2D eigenvalue weighted by atomic mass is 16.2. The Hall–Kier alpha value is -3.35. The molecule has 2 aromatic carbocycles. The van der Waals surface area contributed by atoms with Gasteiger partial charge in [0, 0.05) is 17.3 Å². The summed E-state index contributed by atoms with van der Waals surface area (Å²) in [7, 11) is 0. The number of hydrogen-bond acceptors (Lipinski definition) is 4. The van der Waals surface area contributed by atoms with E-state index in [1.165, 1.54) is 0 Å². The maximum Gasteiger partial charge on any atom is 0.251 e. The Bertz CT molecular complexity index is 835. The van der Waals surface area contributed by atoms with E-state index in [1.807, 2.05) is 13.8 Å². The quantitative estimate of drug-likeness (QED) is 0.573. The fraction of sp³-hybridized carbons (Fsp3) is 0.250. The molecule has 5 N–H and O–H groups in total. The summed E-state index contributed by atoms with van der Waals surface area (Å²) in [6, 6.07) is 13.5. The molecule has 0 heterocycles. The van der Waals surface area contributed by atoms with E-state index >= 15 is 0 Å². The Labute approximate surface area is 158 Å². The fourth-order valence-corrected chi connectivity index (χ4v) is 2.36. The average Bonchev–Trinajstić information content (AvgIpc) is 2.66. The van der Waals surface area contributed by atoms with Crippen LogP contribution in [0.5, 0.6) is 0 Å². The predicted molar refractivity (Wildman–Crippen MR) is 106 cm³/mol. The molecule has 0 aliphatic rings. The second kappa shape index (κ2) is 9.38. The van der Waals surface area contributed by atoms with Crippen molar-refractivity contribution in [1.82, 2.24) is 5.32 Å². The number of amides is 3. The summed E-state index contributed by atoms with van der Waals surface area (Å²) in [6.07, 6.45) is 0.844. The number of primary amides is 1. The summed E-state index contributed by atoms with van der Waals surface area (Å²) in [5.41, 5.74) is 7.06. The molecule has 7 heteroatoms. The Morgan fingerprint density at radius 3 is 2.52 bits per heavy atom. The maximum absolute atomic E-state index is 12.2. The van der Waals surface area contributed by atoms with Gasteiger partial charge in [-0.3, -0.25) is 14.4 Å². The number of carbonyl (C=O) groups is 3. The van der Waals surface area contributed by atoms with Gasteiger partial charge in [-0.15, -0.1) is 0 Å². The summed E-state index contributed by atoms with van der Waals surface area (Å²) in [5, 5.41) is 8.52. The minimum atomic E-state index is -0.612. The second-order valence-corrected chi connectivity index (χ2v) is 6.18. The van der Waals surface area contributed by atoms with Crippen molar-refractivity contribution in [3.8, 4) is 0 Å². The third kappa shape index (κ3) is 5.85. The summed E-state index contributed by atoms with van der Waals surface area (Å²) >= 11 is 0. The standard InChI is InChI=1S/C20H24N4O3/c1-3-13(2)23-20(27)14-7-6-8-15(11-14)22-12-18(25)24-17-10-5-4-9-16(17)19(21)26/h4-11,13,22H,3,12H2,1-2H3,(H2,21,26)(H,23,27)(H,24,25). The molecule has 142 valence electrons. The van der Waals surface area contributed by atoms with Gasteiger partial charge in [-0.2, -0.15) is 0 Å². The Morgan fingerprint density at radius 1 is 1.07 bits per heavy atom. The van der Waals surface area contributed by atoms with E-state index < -0.39 is 5.91 Å². The van der Waals surface area contributed by atoms with Gasteiger partial charge in [0.25, 0.3) is 11.8 Å². The first-order valence-corrected chi connectivity index (χ1v) is 8.74. The van der Waals surface area contributed by atoms with Crippen LogP contribution < -0.4 is 21.7 Å². The number of benzene rings is 2. The minimum Gasteiger partial charge on any atom is -0.376 e. The zero-order chi connectivity index (χ0) is 19.8. The molecular weight excluding hydrogens is 344 g/mol. The number of para-hydroxylation sites is 1. The van der Waals surface area contributed by atoms with Crippen LogP contribution in [0.25, 0.3) is 0 Å². The lowest BCUT2D eigenvalue weighted by molar-refractivity contribution is -0.114. The minimum absolute atomic E-state index is 0.0243. The van der Waals surface area contributed by atoms with Crippen molar-refractivity contribution in [2.24, 2.45) is 5.73 Å². The van der Waals surface area contributed by atoms with E-state index in [9.17, 15) is 14.4 Å². The number of hydrogen-bond donors (Lipinski definition) is 4. The molecular formula is C20H24N4O3. The molecule has 2 aromatic rings. The summed E-state index contributed by atoms with van der Waals surface area (Å²) in [6.45, 7) is 3.91. The van der Waals surface area contributed by atoms with Crippen LogP contribution in [0.3, 0.4) is 0 Å². The van der Waals surface area contributed by atoms with Crippen molar-refractivity contribution in [2.75, 3.05) is 17.2 Å². The molecule has 7 nitrogen and oxygen atoms in total. The fourth-order valence-electron chi connectivity index (χ4n) is 2.36. The molecule has 0 aliphatic heterocycles. The van der Waals surface area contributed by atoms with Gasteiger partial charge in [0.1, 0.15) is 0 Å². The summed E-state index contributed by atoms with van der Waals surface area (Å²) < 4.78 is 0. The van der Waals surface area contributed by atoms with Crippen LogP contribution in [0.2, 0.25) is 0 Å². The SMILES string of the molecule is CCC(C)NC(=O)c1cccc(NCC(=O)Nc2ccccc2C(N)=O)c1. The van der Waals surface area contributed by atoms with Gasteiger partial charge in [0.2, 0.25) is 5.91 Å². The summed E-state index contributed by atoms with van der Waals surface area (Å²) in [5.74, 6) is -1.11. The zero-order valence-electron chi connectivity index (χ0n) is 15.4. The van der Waals surface area contributed by atoms with Crippen molar-refractivity contribution in [1.29, 1.82) is 0 Å². The molecule has 1 atom stereocenters. The van der Waals surface area contributed by atoms with Gasteiger partial charge < -0.3 is 21.7 Å². The van der Waals surface area contributed by atoms with E-state index in [0.717, 1.165) is 6.42 Å². The highest BCUT2D eigenvalue weighted by Gasteiger charge is 2.11. The molecule has 0 saturated carbocycles.